The Bertz CT molecular complexity index is 1210. The van der Waals surface area contributed by atoms with Crippen molar-refractivity contribution >= 4 is 60.4 Å². The van der Waals surface area contributed by atoms with Gasteiger partial charge >= 0.3 is 0 Å². The fraction of sp³-hybridized carbons (Fsp3) is 0.500. The van der Waals surface area contributed by atoms with Crippen LogP contribution in [-0.2, 0) is 19.9 Å². The molecule has 11 heteroatoms. The van der Waals surface area contributed by atoms with Crippen LogP contribution in [0.15, 0.2) is 47.4 Å². The number of rotatable bonds is 10. The minimum Gasteiger partial charge on any atom is -0.303 e. The van der Waals surface area contributed by atoms with E-state index in [1.807, 2.05) is 6.92 Å². The lowest BCUT2D eigenvalue weighted by Crippen LogP contribution is -2.40. The predicted molar refractivity (Wildman–Crippen MR) is 145 cm³/mol. The van der Waals surface area contributed by atoms with Crippen molar-refractivity contribution < 1.29 is 16.8 Å². The SMILES string of the molecule is C[C@H](CCCCN1CCC(S(C)(=O)=O)CC1)N(c1cc(Cl)ccc1Cl)S(=O)(=O)c1ccc(Cl)cc1. The Morgan fingerprint density at radius 1 is 0.943 bits per heavy atom. The maximum Gasteiger partial charge on any atom is 0.264 e. The normalized spacial score (nSPS) is 16.8. The number of hydrogen-bond acceptors (Lipinski definition) is 5. The van der Waals surface area contributed by atoms with Crippen molar-refractivity contribution in [3.8, 4) is 0 Å². The van der Waals surface area contributed by atoms with Gasteiger partial charge in [0.05, 0.1) is 20.9 Å². The summed E-state index contributed by atoms with van der Waals surface area (Å²) in [6, 6.07) is 10.5. The summed E-state index contributed by atoms with van der Waals surface area (Å²) in [5.41, 5.74) is 0.337. The Balaban J connectivity index is 1.69. The number of sulfonamides is 1. The summed E-state index contributed by atoms with van der Waals surface area (Å²) in [7, 11) is -6.91. The number of unbranched alkanes of at least 4 members (excludes halogenated alkanes) is 1. The molecule has 0 N–H and O–H groups in total. The van der Waals surface area contributed by atoms with Crippen LogP contribution < -0.4 is 4.31 Å². The Morgan fingerprint density at radius 2 is 1.54 bits per heavy atom. The third-order valence-corrected chi connectivity index (χ3v) is 10.8. The van der Waals surface area contributed by atoms with Crippen LogP contribution >= 0.6 is 34.8 Å². The predicted octanol–water partition coefficient (Wildman–Crippen LogP) is 5.91. The molecule has 1 aliphatic heterocycles. The smallest absolute Gasteiger partial charge is 0.264 e. The maximum atomic E-state index is 13.7. The molecule has 35 heavy (non-hydrogen) atoms. The van der Waals surface area contributed by atoms with Crippen LogP contribution in [0.5, 0.6) is 0 Å². The second-order valence-corrected chi connectivity index (χ2v) is 14.5. The average molecular weight is 582 g/mol. The molecule has 0 unspecified atom stereocenters. The highest BCUT2D eigenvalue weighted by molar-refractivity contribution is 7.93. The van der Waals surface area contributed by atoms with Gasteiger partial charge in [0.2, 0.25) is 0 Å². The monoisotopic (exact) mass is 580 g/mol. The van der Waals surface area contributed by atoms with Gasteiger partial charge in [-0.1, -0.05) is 41.2 Å². The Kier molecular flexibility index (Phi) is 9.79. The summed E-state index contributed by atoms with van der Waals surface area (Å²) in [4.78, 5) is 2.40. The highest BCUT2D eigenvalue weighted by atomic mass is 35.5. The summed E-state index contributed by atoms with van der Waals surface area (Å²) in [6.07, 6.45) is 4.94. The van der Waals surface area contributed by atoms with E-state index in [1.165, 1.54) is 22.7 Å². The van der Waals surface area contributed by atoms with E-state index in [0.717, 1.165) is 32.5 Å². The van der Waals surface area contributed by atoms with Crippen LogP contribution in [-0.4, -0.2) is 58.9 Å². The fourth-order valence-electron chi connectivity index (χ4n) is 4.43. The van der Waals surface area contributed by atoms with E-state index in [9.17, 15) is 16.8 Å². The van der Waals surface area contributed by atoms with E-state index >= 15 is 0 Å². The second kappa shape index (κ2) is 12.0. The highest BCUT2D eigenvalue weighted by Gasteiger charge is 2.31. The van der Waals surface area contributed by atoms with E-state index < -0.39 is 19.9 Å². The summed E-state index contributed by atoms with van der Waals surface area (Å²) < 4.78 is 52.2. The summed E-state index contributed by atoms with van der Waals surface area (Å²) in [6.45, 7) is 4.25. The zero-order valence-electron chi connectivity index (χ0n) is 19.8. The largest absolute Gasteiger partial charge is 0.303 e. The molecule has 1 fully saturated rings. The van der Waals surface area contributed by atoms with Gasteiger partial charge < -0.3 is 4.90 Å². The lowest BCUT2D eigenvalue weighted by atomic mass is 10.1. The van der Waals surface area contributed by atoms with E-state index in [4.69, 9.17) is 34.8 Å². The first-order valence-electron chi connectivity index (χ1n) is 11.6. The zero-order valence-corrected chi connectivity index (χ0v) is 23.7. The van der Waals surface area contributed by atoms with Crippen molar-refractivity contribution in [1.29, 1.82) is 0 Å². The molecule has 0 radical (unpaired) electrons. The minimum absolute atomic E-state index is 0.124. The van der Waals surface area contributed by atoms with Crippen molar-refractivity contribution in [2.75, 3.05) is 30.2 Å². The van der Waals surface area contributed by atoms with Crippen LogP contribution in [0.3, 0.4) is 0 Å². The molecule has 0 aromatic heterocycles. The standard InChI is InChI=1S/C24H31Cl3N2O4S2/c1-18(5-3-4-14-28-15-12-21(13-16-28)34(2,30)31)29(24-17-20(26)8-11-23(24)27)35(32,33)22-9-6-19(25)7-10-22/h6-11,17-18,21H,3-5,12-16H2,1-2H3/t18-/m1/s1. The van der Waals surface area contributed by atoms with Gasteiger partial charge in [-0.05, 0) is 94.7 Å². The van der Waals surface area contributed by atoms with Crippen molar-refractivity contribution in [1.82, 2.24) is 4.90 Å². The summed E-state index contributed by atoms with van der Waals surface area (Å²) in [5.74, 6) is 0. The topological polar surface area (TPSA) is 74.8 Å². The van der Waals surface area contributed by atoms with Gasteiger partial charge in [-0.25, -0.2) is 16.8 Å². The molecular formula is C24H31Cl3N2O4S2. The van der Waals surface area contributed by atoms with Gasteiger partial charge in [0, 0.05) is 22.3 Å². The van der Waals surface area contributed by atoms with Crippen molar-refractivity contribution in [3.05, 3.63) is 57.5 Å². The van der Waals surface area contributed by atoms with Gasteiger partial charge in [-0.15, -0.1) is 0 Å². The van der Waals surface area contributed by atoms with Crippen molar-refractivity contribution in [2.24, 2.45) is 0 Å². The van der Waals surface area contributed by atoms with Crippen LogP contribution in [0.4, 0.5) is 5.69 Å². The first-order chi connectivity index (χ1) is 16.4. The first-order valence-corrected chi connectivity index (χ1v) is 16.1. The average Bonchev–Trinajstić information content (AvgIpc) is 2.79. The number of hydrogen-bond donors (Lipinski definition) is 0. The van der Waals surface area contributed by atoms with Gasteiger partial charge in [-0.3, -0.25) is 4.31 Å². The summed E-state index contributed by atoms with van der Waals surface area (Å²) in [5, 5.41) is 0.899. The Hall–Kier alpha value is -1.03. The molecule has 1 heterocycles. The molecular weight excluding hydrogens is 551 g/mol. The fourth-order valence-corrected chi connectivity index (χ4v) is 7.75. The number of sulfone groups is 1. The molecule has 0 spiro atoms. The number of nitrogens with zero attached hydrogens (tertiary/aromatic N) is 2. The number of anilines is 1. The second-order valence-electron chi connectivity index (χ2n) is 9.07. The molecule has 0 saturated carbocycles. The molecule has 0 bridgehead atoms. The highest BCUT2D eigenvalue weighted by Crippen LogP contribution is 2.35. The Morgan fingerprint density at radius 3 is 2.14 bits per heavy atom. The third-order valence-electron chi connectivity index (χ3n) is 6.40. The molecule has 194 valence electrons. The van der Waals surface area contributed by atoms with Gasteiger partial charge in [0.15, 0.2) is 0 Å². The number of benzene rings is 2. The van der Waals surface area contributed by atoms with E-state index in [0.29, 0.717) is 40.0 Å². The molecule has 3 rings (SSSR count). The third kappa shape index (κ3) is 7.49. The number of piperidine rings is 1. The van der Waals surface area contributed by atoms with Crippen molar-refractivity contribution in [3.63, 3.8) is 0 Å². The quantitative estimate of drug-likeness (QED) is 0.326. The van der Waals surface area contributed by atoms with E-state index in [2.05, 4.69) is 4.90 Å². The lowest BCUT2D eigenvalue weighted by molar-refractivity contribution is 0.225. The molecule has 2 aromatic rings. The minimum atomic E-state index is -3.92. The molecule has 6 nitrogen and oxygen atoms in total. The van der Waals surface area contributed by atoms with Gasteiger partial charge in [0.1, 0.15) is 9.84 Å². The molecule has 1 aliphatic rings. The van der Waals surface area contributed by atoms with Gasteiger partial charge in [-0.2, -0.15) is 0 Å². The van der Waals surface area contributed by atoms with E-state index in [-0.39, 0.29) is 16.2 Å². The molecule has 0 aliphatic carbocycles. The van der Waals surface area contributed by atoms with Crippen molar-refractivity contribution in [2.45, 2.75) is 55.2 Å². The molecule has 2 aromatic carbocycles. The molecule has 1 atom stereocenters. The maximum absolute atomic E-state index is 13.7. The zero-order chi connectivity index (χ0) is 25.8. The first kappa shape index (κ1) is 28.5. The van der Waals surface area contributed by atoms with E-state index in [1.54, 1.807) is 30.3 Å². The molecule has 1 saturated heterocycles. The van der Waals surface area contributed by atoms with Gasteiger partial charge in [0.25, 0.3) is 10.0 Å². The van der Waals surface area contributed by atoms with Crippen LogP contribution in [0, 0.1) is 0 Å². The summed E-state index contributed by atoms with van der Waals surface area (Å²) >= 11 is 18.6. The van der Waals surface area contributed by atoms with Crippen LogP contribution in [0.2, 0.25) is 15.1 Å². The van der Waals surface area contributed by atoms with Crippen LogP contribution in [0.25, 0.3) is 0 Å². The Labute approximate surface area is 224 Å². The lowest BCUT2D eigenvalue weighted by Gasteiger charge is -2.32. The number of likely N-dealkylation sites (tertiary alicyclic amines) is 1. The number of halogens is 3. The molecule has 0 amide bonds. The van der Waals surface area contributed by atoms with Crippen LogP contribution in [0.1, 0.15) is 39.0 Å².